The van der Waals surface area contributed by atoms with E-state index in [2.05, 4.69) is 16.2 Å². The summed E-state index contributed by atoms with van der Waals surface area (Å²) in [6.45, 7) is 5.63. The van der Waals surface area contributed by atoms with Gasteiger partial charge in [-0.15, -0.1) is 0 Å². The fourth-order valence-corrected chi connectivity index (χ4v) is 2.06. The maximum atomic E-state index is 11.6. The molecular formula is C12H25N3O2. The molecule has 17 heavy (non-hydrogen) atoms. The highest BCUT2D eigenvalue weighted by molar-refractivity contribution is 5.68. The first-order valence-corrected chi connectivity index (χ1v) is 6.32. The average molecular weight is 243 g/mol. The number of carbonyl (C=O) groups excluding carboxylic acids is 1. The minimum atomic E-state index is -0.422. The quantitative estimate of drug-likeness (QED) is 0.658. The first-order chi connectivity index (χ1) is 7.90. The van der Waals surface area contributed by atoms with Gasteiger partial charge in [-0.05, 0) is 53.5 Å². The largest absolute Gasteiger partial charge is 0.444 e. The van der Waals surface area contributed by atoms with E-state index in [0.29, 0.717) is 6.04 Å². The van der Waals surface area contributed by atoms with Crippen LogP contribution in [0.2, 0.25) is 0 Å². The zero-order chi connectivity index (χ0) is 12.9. The third-order valence-corrected chi connectivity index (χ3v) is 2.80. The summed E-state index contributed by atoms with van der Waals surface area (Å²) in [6.07, 6.45) is 3.84. The van der Waals surface area contributed by atoms with E-state index in [9.17, 15) is 4.79 Å². The normalized spacial score (nSPS) is 25.4. The van der Waals surface area contributed by atoms with Crippen LogP contribution in [0.3, 0.4) is 0 Å². The first kappa shape index (κ1) is 14.3. The molecule has 0 saturated heterocycles. The molecule has 0 aliphatic heterocycles. The van der Waals surface area contributed by atoms with Crippen LogP contribution in [0.5, 0.6) is 0 Å². The van der Waals surface area contributed by atoms with Crippen molar-refractivity contribution in [2.75, 3.05) is 7.05 Å². The molecule has 0 heterocycles. The molecule has 0 atom stereocenters. The minimum absolute atomic E-state index is 0.250. The van der Waals surface area contributed by atoms with Crippen molar-refractivity contribution >= 4 is 6.09 Å². The van der Waals surface area contributed by atoms with Crippen molar-refractivity contribution in [1.82, 2.24) is 16.2 Å². The lowest BCUT2D eigenvalue weighted by molar-refractivity contribution is 0.0489. The Morgan fingerprint density at radius 1 is 1.12 bits per heavy atom. The Kier molecular flexibility index (Phi) is 5.21. The van der Waals surface area contributed by atoms with Crippen molar-refractivity contribution in [3.8, 4) is 0 Å². The highest BCUT2D eigenvalue weighted by Crippen LogP contribution is 2.18. The Bertz CT molecular complexity index is 243. The molecule has 0 unspecified atom stereocenters. The Morgan fingerprint density at radius 2 is 1.65 bits per heavy atom. The summed E-state index contributed by atoms with van der Waals surface area (Å²) in [5.41, 5.74) is 5.74. The summed E-state index contributed by atoms with van der Waals surface area (Å²) in [6, 6.07) is 0.761. The summed E-state index contributed by atoms with van der Waals surface area (Å²) in [5.74, 6) is 0. The zero-order valence-corrected chi connectivity index (χ0v) is 11.3. The van der Waals surface area contributed by atoms with E-state index in [-0.39, 0.29) is 12.1 Å². The minimum Gasteiger partial charge on any atom is -0.444 e. The monoisotopic (exact) mass is 243 g/mol. The average Bonchev–Trinajstić information content (AvgIpc) is 2.18. The molecule has 1 aliphatic rings. The third-order valence-electron chi connectivity index (χ3n) is 2.80. The SMILES string of the molecule is CNN[C@H]1CC[C@@H](NC(=O)OC(C)(C)C)CC1. The summed E-state index contributed by atoms with van der Waals surface area (Å²) in [4.78, 5) is 11.6. The standard InChI is InChI=1S/C12H25N3O2/c1-12(2,3)17-11(16)14-9-5-7-10(8-6-9)15-13-4/h9-10,13,15H,5-8H2,1-4H3,(H,14,16)/t9-,10+. The highest BCUT2D eigenvalue weighted by atomic mass is 16.6. The lowest BCUT2D eigenvalue weighted by Gasteiger charge is -2.30. The van der Waals surface area contributed by atoms with Gasteiger partial charge in [0.2, 0.25) is 0 Å². The van der Waals surface area contributed by atoms with Gasteiger partial charge < -0.3 is 10.1 Å². The van der Waals surface area contributed by atoms with Gasteiger partial charge in [0.25, 0.3) is 0 Å². The van der Waals surface area contributed by atoms with Gasteiger partial charge in [-0.3, -0.25) is 10.9 Å². The highest BCUT2D eigenvalue weighted by Gasteiger charge is 2.24. The molecule has 0 aromatic heterocycles. The number of ether oxygens (including phenoxy) is 1. The second-order valence-corrected chi connectivity index (χ2v) is 5.59. The van der Waals surface area contributed by atoms with E-state index < -0.39 is 5.60 Å². The summed E-state index contributed by atoms with van der Waals surface area (Å²) in [5, 5.41) is 2.93. The van der Waals surface area contributed by atoms with Crippen molar-refractivity contribution < 1.29 is 9.53 Å². The first-order valence-electron chi connectivity index (χ1n) is 6.32. The molecule has 1 amide bonds. The van der Waals surface area contributed by atoms with Crippen molar-refractivity contribution in [3.05, 3.63) is 0 Å². The van der Waals surface area contributed by atoms with Crippen LogP contribution in [0, 0.1) is 0 Å². The maximum absolute atomic E-state index is 11.6. The number of alkyl carbamates (subject to hydrolysis) is 1. The van der Waals surface area contributed by atoms with Crippen LogP contribution in [0.15, 0.2) is 0 Å². The molecule has 5 nitrogen and oxygen atoms in total. The Balaban J connectivity index is 2.24. The third kappa shape index (κ3) is 5.89. The van der Waals surface area contributed by atoms with E-state index in [1.54, 1.807) is 0 Å². The van der Waals surface area contributed by atoms with Crippen LogP contribution in [-0.2, 0) is 4.74 Å². The lowest BCUT2D eigenvalue weighted by Crippen LogP contribution is -2.46. The Morgan fingerprint density at radius 3 is 2.12 bits per heavy atom. The molecule has 0 radical (unpaired) electrons. The second kappa shape index (κ2) is 6.21. The number of nitrogens with one attached hydrogen (secondary N) is 3. The predicted octanol–water partition coefficient (Wildman–Crippen LogP) is 1.55. The van der Waals surface area contributed by atoms with Crippen LogP contribution in [0.25, 0.3) is 0 Å². The smallest absolute Gasteiger partial charge is 0.407 e. The number of hydrazine groups is 1. The van der Waals surface area contributed by atoms with E-state index in [1.807, 2.05) is 27.8 Å². The van der Waals surface area contributed by atoms with Gasteiger partial charge in [0.05, 0.1) is 0 Å². The molecule has 100 valence electrons. The van der Waals surface area contributed by atoms with Gasteiger partial charge in [-0.25, -0.2) is 4.79 Å². The van der Waals surface area contributed by atoms with Gasteiger partial charge in [0, 0.05) is 12.1 Å². The Labute approximate surface area is 104 Å². The molecule has 0 bridgehead atoms. The van der Waals surface area contributed by atoms with Crippen molar-refractivity contribution in [3.63, 3.8) is 0 Å². The summed E-state index contributed by atoms with van der Waals surface area (Å²) >= 11 is 0. The van der Waals surface area contributed by atoms with Crippen molar-refractivity contribution in [1.29, 1.82) is 0 Å². The number of carbonyl (C=O) groups is 1. The maximum Gasteiger partial charge on any atom is 0.407 e. The summed E-state index contributed by atoms with van der Waals surface area (Å²) in [7, 11) is 1.88. The zero-order valence-electron chi connectivity index (χ0n) is 11.3. The number of hydrogen-bond donors (Lipinski definition) is 3. The molecular weight excluding hydrogens is 218 g/mol. The number of amides is 1. The molecule has 1 fully saturated rings. The van der Waals surface area contributed by atoms with Gasteiger partial charge >= 0.3 is 6.09 Å². The van der Waals surface area contributed by atoms with Gasteiger partial charge in [0.1, 0.15) is 5.60 Å². The van der Waals surface area contributed by atoms with Gasteiger partial charge in [0.15, 0.2) is 0 Å². The topological polar surface area (TPSA) is 62.4 Å². The molecule has 0 spiro atoms. The molecule has 1 rings (SSSR count). The molecule has 5 heteroatoms. The van der Waals surface area contributed by atoms with Crippen LogP contribution in [0.4, 0.5) is 4.79 Å². The van der Waals surface area contributed by atoms with Gasteiger partial charge in [-0.1, -0.05) is 0 Å². The van der Waals surface area contributed by atoms with Crippen molar-refractivity contribution in [2.24, 2.45) is 0 Å². The Hall–Kier alpha value is -0.810. The second-order valence-electron chi connectivity index (χ2n) is 5.59. The molecule has 3 N–H and O–H groups in total. The molecule has 1 aliphatic carbocycles. The van der Waals surface area contributed by atoms with E-state index in [4.69, 9.17) is 4.74 Å². The predicted molar refractivity (Wildman–Crippen MR) is 67.6 cm³/mol. The van der Waals surface area contributed by atoms with Crippen LogP contribution < -0.4 is 16.2 Å². The van der Waals surface area contributed by atoms with E-state index in [1.165, 1.54) is 0 Å². The van der Waals surface area contributed by atoms with Crippen LogP contribution in [-0.4, -0.2) is 30.8 Å². The van der Waals surface area contributed by atoms with E-state index >= 15 is 0 Å². The lowest BCUT2D eigenvalue weighted by atomic mass is 9.92. The molecule has 1 saturated carbocycles. The summed E-state index contributed by atoms with van der Waals surface area (Å²) < 4.78 is 5.24. The van der Waals surface area contributed by atoms with Crippen LogP contribution >= 0.6 is 0 Å². The van der Waals surface area contributed by atoms with Gasteiger partial charge in [-0.2, -0.15) is 0 Å². The number of rotatable bonds is 3. The van der Waals surface area contributed by atoms with E-state index in [0.717, 1.165) is 25.7 Å². The molecule has 0 aromatic carbocycles. The number of hydrogen-bond acceptors (Lipinski definition) is 4. The fraction of sp³-hybridized carbons (Fsp3) is 0.917. The van der Waals surface area contributed by atoms with Crippen LogP contribution in [0.1, 0.15) is 46.5 Å². The molecule has 0 aromatic rings. The fourth-order valence-electron chi connectivity index (χ4n) is 2.06. The van der Waals surface area contributed by atoms with Crippen molar-refractivity contribution in [2.45, 2.75) is 64.1 Å².